The van der Waals surface area contributed by atoms with E-state index in [1.54, 1.807) is 15.9 Å². The quantitative estimate of drug-likeness (QED) is 0.660. The molecule has 0 bridgehead atoms. The summed E-state index contributed by atoms with van der Waals surface area (Å²) < 4.78 is 19.1. The van der Waals surface area contributed by atoms with E-state index < -0.39 is 17.0 Å². The number of amides is 3. The highest BCUT2D eigenvalue weighted by Gasteiger charge is 2.51. The zero-order chi connectivity index (χ0) is 26.6. The van der Waals surface area contributed by atoms with Crippen molar-refractivity contribution in [2.45, 2.75) is 51.3 Å². The number of benzene rings is 2. The highest BCUT2D eigenvalue weighted by molar-refractivity contribution is 5.96. The first-order valence-corrected chi connectivity index (χ1v) is 12.7. The maximum Gasteiger partial charge on any atom is 0.410 e. The number of likely N-dealkylation sites (tertiary alicyclic amines) is 1. The zero-order valence-corrected chi connectivity index (χ0v) is 21.7. The Balaban J connectivity index is 1.49. The summed E-state index contributed by atoms with van der Waals surface area (Å²) in [5, 5.41) is 2.68. The summed E-state index contributed by atoms with van der Waals surface area (Å²) in [4.78, 5) is 44.8. The molecule has 9 heteroatoms. The van der Waals surface area contributed by atoms with Gasteiger partial charge in [0.1, 0.15) is 17.0 Å². The number of carbonyl (C=O) groups is 3. The summed E-state index contributed by atoms with van der Waals surface area (Å²) in [6, 6.07) is 15.6. The number of ether oxygens (including phenoxy) is 1. The van der Waals surface area contributed by atoms with Gasteiger partial charge in [0, 0.05) is 38.4 Å². The molecule has 0 atom stereocenters. The minimum atomic E-state index is -0.828. The summed E-state index contributed by atoms with van der Waals surface area (Å²) in [5.74, 6) is -0.941. The maximum atomic E-state index is 14.0. The second-order valence-electron chi connectivity index (χ2n) is 10.7. The number of carbonyl (C=O) groups excluding carboxylic acids is 3. The first-order valence-electron chi connectivity index (χ1n) is 12.7. The molecule has 0 aliphatic carbocycles. The molecule has 3 amide bonds. The molecule has 2 aromatic rings. The van der Waals surface area contributed by atoms with E-state index in [0.717, 1.165) is 5.56 Å². The molecule has 2 aliphatic rings. The van der Waals surface area contributed by atoms with Crippen LogP contribution in [0.25, 0.3) is 0 Å². The normalized spacial score (nSPS) is 18.1. The van der Waals surface area contributed by atoms with Gasteiger partial charge in [-0.2, -0.15) is 0 Å². The third-order valence-electron chi connectivity index (χ3n) is 6.83. The fraction of sp³-hybridized carbons (Fsp3) is 0.464. The van der Waals surface area contributed by atoms with Crippen LogP contribution in [-0.2, 0) is 20.9 Å². The van der Waals surface area contributed by atoms with Gasteiger partial charge in [-0.15, -0.1) is 0 Å². The Morgan fingerprint density at radius 1 is 1.00 bits per heavy atom. The van der Waals surface area contributed by atoms with Crippen molar-refractivity contribution in [1.82, 2.24) is 14.7 Å². The highest BCUT2D eigenvalue weighted by atomic mass is 19.1. The predicted molar refractivity (Wildman–Crippen MR) is 138 cm³/mol. The van der Waals surface area contributed by atoms with Crippen LogP contribution < -0.4 is 5.32 Å². The summed E-state index contributed by atoms with van der Waals surface area (Å²) >= 11 is 0. The lowest BCUT2D eigenvalue weighted by molar-refractivity contribution is -0.158. The molecular formula is C28H35FN4O4. The molecule has 2 heterocycles. The summed E-state index contributed by atoms with van der Waals surface area (Å²) in [6.07, 6.45) is 0.506. The molecular weight excluding hydrogens is 475 g/mol. The van der Waals surface area contributed by atoms with Crippen LogP contribution >= 0.6 is 0 Å². The Kier molecular flexibility index (Phi) is 7.82. The number of piperidine rings is 1. The number of hydrogen-bond donors (Lipinski definition) is 1. The molecule has 1 spiro atoms. The van der Waals surface area contributed by atoms with E-state index in [1.165, 1.54) is 18.2 Å². The van der Waals surface area contributed by atoms with E-state index >= 15 is 0 Å². The molecule has 2 saturated heterocycles. The molecule has 0 aromatic heterocycles. The van der Waals surface area contributed by atoms with Crippen LogP contribution in [0, 0.1) is 5.82 Å². The Morgan fingerprint density at radius 2 is 1.70 bits per heavy atom. The Labute approximate surface area is 217 Å². The zero-order valence-electron chi connectivity index (χ0n) is 21.7. The first-order chi connectivity index (χ1) is 17.6. The van der Waals surface area contributed by atoms with E-state index in [2.05, 4.69) is 10.2 Å². The molecule has 0 radical (unpaired) electrons. The number of halogens is 1. The number of piperazine rings is 1. The van der Waals surface area contributed by atoms with Crippen LogP contribution in [0.3, 0.4) is 0 Å². The lowest BCUT2D eigenvalue weighted by Crippen LogP contribution is -2.69. The molecule has 0 saturated carbocycles. The highest BCUT2D eigenvalue weighted by Crippen LogP contribution is 2.35. The van der Waals surface area contributed by atoms with Gasteiger partial charge < -0.3 is 19.9 Å². The van der Waals surface area contributed by atoms with E-state index in [-0.39, 0.29) is 24.5 Å². The van der Waals surface area contributed by atoms with Crippen molar-refractivity contribution >= 4 is 23.6 Å². The van der Waals surface area contributed by atoms with Crippen LogP contribution in [-0.4, -0.2) is 76.5 Å². The summed E-state index contributed by atoms with van der Waals surface area (Å²) in [5.41, 5.74) is 0.0196. The van der Waals surface area contributed by atoms with Gasteiger partial charge in [0.15, 0.2) is 0 Å². The van der Waals surface area contributed by atoms with E-state index in [4.69, 9.17) is 4.74 Å². The van der Waals surface area contributed by atoms with Crippen LogP contribution in [0.15, 0.2) is 54.6 Å². The third-order valence-corrected chi connectivity index (χ3v) is 6.83. The SMILES string of the molecule is CC(C)(C)OC(=O)N1CCC2(CC1)C(=O)N(CC(=O)Nc1cccc(F)c1)CCN2Cc1ccccc1. The smallest absolute Gasteiger partial charge is 0.410 e. The molecule has 1 N–H and O–H groups in total. The number of nitrogens with zero attached hydrogens (tertiary/aromatic N) is 3. The van der Waals surface area contributed by atoms with Gasteiger partial charge in [-0.3, -0.25) is 14.5 Å². The second kappa shape index (κ2) is 10.9. The second-order valence-corrected chi connectivity index (χ2v) is 10.7. The van der Waals surface area contributed by atoms with Gasteiger partial charge in [-0.05, 0) is 57.4 Å². The largest absolute Gasteiger partial charge is 0.444 e. The fourth-order valence-corrected chi connectivity index (χ4v) is 5.03. The van der Waals surface area contributed by atoms with Gasteiger partial charge in [0.05, 0.1) is 6.54 Å². The molecule has 0 unspecified atom stereocenters. The molecule has 37 heavy (non-hydrogen) atoms. The van der Waals surface area contributed by atoms with Gasteiger partial charge in [0.25, 0.3) is 0 Å². The summed E-state index contributed by atoms with van der Waals surface area (Å²) in [7, 11) is 0. The first kappa shape index (κ1) is 26.6. The third kappa shape index (κ3) is 6.46. The predicted octanol–water partition coefficient (Wildman–Crippen LogP) is 3.88. The molecule has 2 aliphatic heterocycles. The number of nitrogens with one attached hydrogen (secondary N) is 1. The Hall–Kier alpha value is -3.46. The molecule has 8 nitrogen and oxygen atoms in total. The van der Waals surface area contributed by atoms with Gasteiger partial charge in [0.2, 0.25) is 11.8 Å². The molecule has 2 aromatic carbocycles. The number of anilines is 1. The summed E-state index contributed by atoms with van der Waals surface area (Å²) in [6.45, 7) is 7.74. The maximum absolute atomic E-state index is 14.0. The lowest BCUT2D eigenvalue weighted by Gasteiger charge is -2.52. The minimum Gasteiger partial charge on any atom is -0.444 e. The van der Waals surface area contributed by atoms with Gasteiger partial charge >= 0.3 is 6.09 Å². The van der Waals surface area contributed by atoms with Crippen molar-refractivity contribution in [1.29, 1.82) is 0 Å². The van der Waals surface area contributed by atoms with Crippen LogP contribution in [0.1, 0.15) is 39.2 Å². The standard InChI is InChI=1S/C28H35FN4O4/c1-27(2,3)37-26(36)31-14-12-28(13-15-31)25(35)32(16-17-33(28)19-21-8-5-4-6-9-21)20-24(34)30-23-11-7-10-22(29)18-23/h4-11,18H,12-17,19-20H2,1-3H3,(H,30,34). The molecule has 198 valence electrons. The van der Waals surface area contributed by atoms with Crippen LogP contribution in [0.5, 0.6) is 0 Å². The van der Waals surface area contributed by atoms with E-state index in [1.807, 2.05) is 51.1 Å². The Morgan fingerprint density at radius 3 is 2.35 bits per heavy atom. The van der Waals surface area contributed by atoms with Crippen molar-refractivity contribution in [2.75, 3.05) is 38.0 Å². The average Bonchev–Trinajstić information content (AvgIpc) is 2.84. The number of rotatable bonds is 5. The van der Waals surface area contributed by atoms with Crippen molar-refractivity contribution in [3.63, 3.8) is 0 Å². The molecule has 2 fully saturated rings. The van der Waals surface area contributed by atoms with E-state index in [0.29, 0.717) is 51.3 Å². The monoisotopic (exact) mass is 510 g/mol. The molecule has 4 rings (SSSR count). The van der Waals surface area contributed by atoms with Gasteiger partial charge in [-0.1, -0.05) is 36.4 Å². The average molecular weight is 511 g/mol. The van der Waals surface area contributed by atoms with Crippen molar-refractivity contribution in [3.8, 4) is 0 Å². The fourth-order valence-electron chi connectivity index (χ4n) is 5.03. The minimum absolute atomic E-state index is 0.118. The van der Waals surface area contributed by atoms with Crippen LogP contribution in [0.4, 0.5) is 14.9 Å². The topological polar surface area (TPSA) is 82.2 Å². The van der Waals surface area contributed by atoms with Crippen molar-refractivity contribution in [2.24, 2.45) is 0 Å². The van der Waals surface area contributed by atoms with E-state index in [9.17, 15) is 18.8 Å². The van der Waals surface area contributed by atoms with Crippen LogP contribution in [0.2, 0.25) is 0 Å². The Bertz CT molecular complexity index is 1130. The lowest BCUT2D eigenvalue weighted by atomic mass is 9.82. The van der Waals surface area contributed by atoms with Crippen molar-refractivity contribution < 1.29 is 23.5 Å². The van der Waals surface area contributed by atoms with Gasteiger partial charge in [-0.25, -0.2) is 9.18 Å². The van der Waals surface area contributed by atoms with Crippen molar-refractivity contribution in [3.05, 3.63) is 66.0 Å². The number of hydrogen-bond acceptors (Lipinski definition) is 5.